The van der Waals surface area contributed by atoms with Crippen LogP contribution in [0.3, 0.4) is 0 Å². The Morgan fingerprint density at radius 3 is 3.20 bits per heavy atom. The van der Waals surface area contributed by atoms with E-state index in [2.05, 4.69) is 14.9 Å². The van der Waals surface area contributed by atoms with Gasteiger partial charge in [-0.15, -0.1) is 16.9 Å². The Hall–Kier alpha value is -1.01. The number of nitrogens with zero attached hydrogens (tertiary/aromatic N) is 2. The maximum atomic E-state index is 5.24. The van der Waals surface area contributed by atoms with Crippen LogP contribution in [0.15, 0.2) is 22.8 Å². The van der Waals surface area contributed by atoms with E-state index in [-0.39, 0.29) is 0 Å². The van der Waals surface area contributed by atoms with Crippen LogP contribution in [-0.2, 0) is 11.5 Å². The van der Waals surface area contributed by atoms with Gasteiger partial charge in [0.1, 0.15) is 16.5 Å². The van der Waals surface area contributed by atoms with Gasteiger partial charge in [-0.25, -0.2) is 0 Å². The topological polar surface area (TPSA) is 51.0 Å². The van der Waals surface area contributed by atoms with Gasteiger partial charge in [-0.1, -0.05) is 4.49 Å². The third kappa shape index (κ3) is 2.73. The average Bonchev–Trinajstić information content (AvgIpc) is 2.88. The molecule has 0 atom stereocenters. The summed E-state index contributed by atoms with van der Waals surface area (Å²) in [6.45, 7) is 0. The highest BCUT2D eigenvalue weighted by atomic mass is 32.2. The lowest BCUT2D eigenvalue weighted by atomic mass is 10.5. The fourth-order valence-corrected chi connectivity index (χ4v) is 2.62. The van der Waals surface area contributed by atoms with Crippen LogP contribution in [0.4, 0.5) is 5.00 Å². The SMILES string of the molecule is CNc1snnc1CSCc1ccco1. The second-order valence-electron chi connectivity index (χ2n) is 2.87. The van der Waals surface area contributed by atoms with Gasteiger partial charge in [0.15, 0.2) is 0 Å². The molecule has 0 aliphatic heterocycles. The Morgan fingerprint density at radius 2 is 2.47 bits per heavy atom. The molecule has 2 rings (SSSR count). The highest BCUT2D eigenvalue weighted by Crippen LogP contribution is 2.23. The average molecular weight is 241 g/mol. The van der Waals surface area contributed by atoms with E-state index < -0.39 is 0 Å². The number of anilines is 1. The molecule has 2 aromatic rings. The highest BCUT2D eigenvalue weighted by Gasteiger charge is 2.06. The molecular formula is C9H11N3OS2. The van der Waals surface area contributed by atoms with Crippen molar-refractivity contribution in [2.24, 2.45) is 0 Å². The quantitative estimate of drug-likeness (QED) is 0.872. The molecule has 6 heteroatoms. The molecule has 0 radical (unpaired) electrons. The van der Waals surface area contributed by atoms with Crippen molar-refractivity contribution in [3.63, 3.8) is 0 Å². The van der Waals surface area contributed by atoms with E-state index in [4.69, 9.17) is 4.42 Å². The van der Waals surface area contributed by atoms with Crippen molar-refractivity contribution in [2.75, 3.05) is 12.4 Å². The summed E-state index contributed by atoms with van der Waals surface area (Å²) in [5.74, 6) is 2.72. The lowest BCUT2D eigenvalue weighted by Gasteiger charge is -1.98. The smallest absolute Gasteiger partial charge is 0.133 e. The van der Waals surface area contributed by atoms with Crippen molar-refractivity contribution in [1.29, 1.82) is 0 Å². The zero-order valence-corrected chi connectivity index (χ0v) is 9.90. The summed E-state index contributed by atoms with van der Waals surface area (Å²) < 4.78 is 9.14. The fraction of sp³-hybridized carbons (Fsp3) is 0.333. The highest BCUT2D eigenvalue weighted by molar-refractivity contribution is 7.97. The van der Waals surface area contributed by atoms with Gasteiger partial charge in [-0.3, -0.25) is 0 Å². The Kier molecular flexibility index (Phi) is 3.63. The molecule has 15 heavy (non-hydrogen) atoms. The molecule has 0 saturated carbocycles. The Balaban J connectivity index is 1.83. The van der Waals surface area contributed by atoms with Crippen molar-refractivity contribution in [3.05, 3.63) is 29.9 Å². The minimum Gasteiger partial charge on any atom is -0.468 e. The molecule has 0 bridgehead atoms. The maximum absolute atomic E-state index is 5.24. The zero-order valence-electron chi connectivity index (χ0n) is 8.27. The van der Waals surface area contributed by atoms with Gasteiger partial charge in [-0.2, -0.15) is 0 Å². The predicted octanol–water partition coefficient (Wildman–Crippen LogP) is 2.61. The summed E-state index contributed by atoms with van der Waals surface area (Å²) in [4.78, 5) is 0. The maximum Gasteiger partial charge on any atom is 0.133 e. The van der Waals surface area contributed by atoms with E-state index in [1.165, 1.54) is 11.5 Å². The number of hydrogen-bond acceptors (Lipinski definition) is 6. The van der Waals surface area contributed by atoms with E-state index in [1.807, 2.05) is 19.2 Å². The van der Waals surface area contributed by atoms with Crippen LogP contribution in [0.1, 0.15) is 11.5 Å². The minimum absolute atomic E-state index is 0.855. The Labute approximate surface area is 96.2 Å². The molecule has 0 saturated heterocycles. The number of furan rings is 1. The summed E-state index contributed by atoms with van der Waals surface area (Å²) in [5.41, 5.74) is 1.01. The van der Waals surface area contributed by atoms with Gasteiger partial charge in [-0.05, 0) is 12.1 Å². The number of nitrogens with one attached hydrogen (secondary N) is 1. The van der Waals surface area contributed by atoms with Gasteiger partial charge >= 0.3 is 0 Å². The van der Waals surface area contributed by atoms with Gasteiger partial charge in [0.2, 0.25) is 0 Å². The summed E-state index contributed by atoms with van der Waals surface area (Å²) in [7, 11) is 1.88. The van der Waals surface area contributed by atoms with Crippen LogP contribution in [0.5, 0.6) is 0 Å². The molecule has 0 aliphatic carbocycles. The summed E-state index contributed by atoms with van der Waals surface area (Å²) >= 11 is 3.16. The van der Waals surface area contributed by atoms with Crippen molar-refractivity contribution in [2.45, 2.75) is 11.5 Å². The molecule has 0 aromatic carbocycles. The minimum atomic E-state index is 0.855. The van der Waals surface area contributed by atoms with Gasteiger partial charge in [0.25, 0.3) is 0 Å². The van der Waals surface area contributed by atoms with Crippen LogP contribution >= 0.6 is 23.3 Å². The molecule has 2 heterocycles. The summed E-state index contributed by atoms with van der Waals surface area (Å²) in [6.07, 6.45) is 1.69. The third-order valence-electron chi connectivity index (χ3n) is 1.85. The zero-order chi connectivity index (χ0) is 10.5. The van der Waals surface area contributed by atoms with E-state index in [0.717, 1.165) is 28.0 Å². The Morgan fingerprint density at radius 1 is 1.53 bits per heavy atom. The molecule has 0 aliphatic rings. The molecular weight excluding hydrogens is 230 g/mol. The first-order valence-electron chi connectivity index (χ1n) is 4.49. The number of hydrogen-bond donors (Lipinski definition) is 1. The van der Waals surface area contributed by atoms with Crippen LogP contribution in [0.2, 0.25) is 0 Å². The summed E-state index contributed by atoms with van der Waals surface area (Å²) in [6, 6.07) is 3.88. The van der Waals surface area contributed by atoms with Gasteiger partial charge in [0, 0.05) is 24.3 Å². The lowest BCUT2D eigenvalue weighted by molar-refractivity contribution is 0.530. The number of rotatable bonds is 5. The van der Waals surface area contributed by atoms with Crippen molar-refractivity contribution in [3.8, 4) is 0 Å². The first kappa shape index (κ1) is 10.5. The van der Waals surface area contributed by atoms with Crippen molar-refractivity contribution < 1.29 is 4.42 Å². The molecule has 1 N–H and O–H groups in total. The van der Waals surface area contributed by atoms with Crippen LogP contribution in [-0.4, -0.2) is 16.6 Å². The Bertz CT molecular complexity index is 399. The second kappa shape index (κ2) is 5.18. The molecule has 2 aromatic heterocycles. The number of aromatic nitrogens is 2. The normalized spacial score (nSPS) is 10.5. The molecule has 0 unspecified atom stereocenters. The largest absolute Gasteiger partial charge is 0.468 e. The standard InChI is InChI=1S/C9H11N3OS2/c1-10-9-8(11-12-15-9)6-14-5-7-3-2-4-13-7/h2-4,10H,5-6H2,1H3. The molecule has 0 amide bonds. The van der Waals surface area contributed by atoms with Crippen LogP contribution in [0.25, 0.3) is 0 Å². The van der Waals surface area contributed by atoms with E-state index in [0.29, 0.717) is 0 Å². The van der Waals surface area contributed by atoms with Crippen molar-refractivity contribution >= 4 is 28.3 Å². The van der Waals surface area contributed by atoms with Crippen LogP contribution < -0.4 is 5.32 Å². The molecule has 4 nitrogen and oxygen atoms in total. The third-order valence-corrected chi connectivity index (χ3v) is 3.60. The van der Waals surface area contributed by atoms with Crippen molar-refractivity contribution in [1.82, 2.24) is 9.59 Å². The fourth-order valence-electron chi connectivity index (χ4n) is 1.14. The molecule has 80 valence electrons. The lowest BCUT2D eigenvalue weighted by Crippen LogP contribution is -1.90. The monoisotopic (exact) mass is 241 g/mol. The van der Waals surface area contributed by atoms with E-state index in [9.17, 15) is 0 Å². The van der Waals surface area contributed by atoms with Gasteiger partial charge < -0.3 is 9.73 Å². The molecule has 0 fully saturated rings. The first-order chi connectivity index (χ1) is 7.40. The first-order valence-corrected chi connectivity index (χ1v) is 6.42. The predicted molar refractivity (Wildman–Crippen MR) is 63.2 cm³/mol. The summed E-state index contributed by atoms with van der Waals surface area (Å²) in [5, 5.41) is 8.18. The molecule has 0 spiro atoms. The number of thioether (sulfide) groups is 1. The van der Waals surface area contributed by atoms with Crippen LogP contribution in [0, 0.1) is 0 Å². The van der Waals surface area contributed by atoms with E-state index in [1.54, 1.807) is 18.0 Å². The van der Waals surface area contributed by atoms with Gasteiger partial charge in [0.05, 0.1) is 12.0 Å². The second-order valence-corrected chi connectivity index (χ2v) is 4.61. The van der Waals surface area contributed by atoms with E-state index >= 15 is 0 Å².